The number of ether oxygens (including phenoxy) is 1. The molecule has 2 rings (SSSR count). The molecule has 0 bridgehead atoms. The maximum absolute atomic E-state index is 13.5. The Kier molecular flexibility index (Phi) is 4.28. The zero-order chi connectivity index (χ0) is 16.7. The van der Waals surface area contributed by atoms with Crippen molar-refractivity contribution in [1.29, 1.82) is 0 Å². The highest BCUT2D eigenvalue weighted by molar-refractivity contribution is 6.31. The molecule has 0 fully saturated rings. The average Bonchev–Trinajstić information content (AvgIpc) is 2.40. The van der Waals surface area contributed by atoms with Crippen molar-refractivity contribution in [1.82, 2.24) is 4.98 Å². The van der Waals surface area contributed by atoms with Crippen LogP contribution in [0.15, 0.2) is 18.2 Å². The third-order valence-corrected chi connectivity index (χ3v) is 3.17. The molecule has 0 aliphatic rings. The van der Waals surface area contributed by atoms with Crippen LogP contribution in [0.5, 0.6) is 11.6 Å². The standard InChI is InChI=1S/C14H9ClF5NO/c1-6-5-8(15)12(14(18,19)20)21-13(6)22-10-4-3-9(16)11(17)7(10)2/h3-5H,1-2H3. The number of benzene rings is 1. The third kappa shape index (κ3) is 3.14. The molecule has 1 aromatic heterocycles. The summed E-state index contributed by atoms with van der Waals surface area (Å²) in [6, 6.07) is 2.96. The summed E-state index contributed by atoms with van der Waals surface area (Å²) in [7, 11) is 0. The zero-order valence-corrected chi connectivity index (χ0v) is 12.1. The van der Waals surface area contributed by atoms with Crippen molar-refractivity contribution in [3.8, 4) is 11.6 Å². The molecule has 1 aromatic carbocycles. The van der Waals surface area contributed by atoms with Gasteiger partial charge >= 0.3 is 6.18 Å². The molecule has 0 saturated heterocycles. The summed E-state index contributed by atoms with van der Waals surface area (Å²) in [5.74, 6) is -2.74. The van der Waals surface area contributed by atoms with Crippen molar-refractivity contribution in [2.45, 2.75) is 20.0 Å². The van der Waals surface area contributed by atoms with Crippen LogP contribution in [-0.4, -0.2) is 4.98 Å². The van der Waals surface area contributed by atoms with Gasteiger partial charge in [-0.1, -0.05) is 11.6 Å². The van der Waals surface area contributed by atoms with E-state index in [2.05, 4.69) is 4.98 Å². The Hall–Kier alpha value is -1.89. The molecular weight excluding hydrogens is 329 g/mol. The number of halogens is 6. The molecule has 1 heterocycles. The van der Waals surface area contributed by atoms with Gasteiger partial charge in [0.2, 0.25) is 5.88 Å². The van der Waals surface area contributed by atoms with E-state index in [9.17, 15) is 22.0 Å². The van der Waals surface area contributed by atoms with Crippen LogP contribution >= 0.6 is 11.6 Å². The summed E-state index contributed by atoms with van der Waals surface area (Å²) in [6.45, 7) is 2.67. The zero-order valence-electron chi connectivity index (χ0n) is 11.4. The Morgan fingerprint density at radius 2 is 1.77 bits per heavy atom. The van der Waals surface area contributed by atoms with Gasteiger partial charge in [-0.25, -0.2) is 13.8 Å². The maximum atomic E-state index is 13.5. The fraction of sp³-hybridized carbons (Fsp3) is 0.214. The molecule has 0 aliphatic heterocycles. The first-order chi connectivity index (χ1) is 10.1. The topological polar surface area (TPSA) is 22.1 Å². The van der Waals surface area contributed by atoms with E-state index in [0.717, 1.165) is 18.2 Å². The summed E-state index contributed by atoms with van der Waals surface area (Å²) in [5.41, 5.74) is -1.26. The lowest BCUT2D eigenvalue weighted by Gasteiger charge is -2.14. The van der Waals surface area contributed by atoms with E-state index in [4.69, 9.17) is 16.3 Å². The van der Waals surface area contributed by atoms with Gasteiger partial charge in [-0.15, -0.1) is 0 Å². The van der Waals surface area contributed by atoms with Crippen molar-refractivity contribution in [3.63, 3.8) is 0 Å². The van der Waals surface area contributed by atoms with Gasteiger partial charge in [0.15, 0.2) is 17.3 Å². The fourth-order valence-corrected chi connectivity index (χ4v) is 2.03. The third-order valence-electron chi connectivity index (χ3n) is 2.88. The smallest absolute Gasteiger partial charge is 0.434 e. The minimum Gasteiger partial charge on any atom is -0.438 e. The van der Waals surface area contributed by atoms with Crippen LogP contribution in [0.25, 0.3) is 0 Å². The lowest BCUT2D eigenvalue weighted by Crippen LogP contribution is -2.10. The predicted molar refractivity (Wildman–Crippen MR) is 70.2 cm³/mol. The van der Waals surface area contributed by atoms with Crippen molar-refractivity contribution in [2.75, 3.05) is 0 Å². The largest absolute Gasteiger partial charge is 0.438 e. The second kappa shape index (κ2) is 5.72. The maximum Gasteiger partial charge on any atom is 0.434 e. The summed E-state index contributed by atoms with van der Waals surface area (Å²) >= 11 is 5.52. The number of hydrogen-bond donors (Lipinski definition) is 0. The summed E-state index contributed by atoms with van der Waals surface area (Å²) in [5, 5.41) is -0.570. The first kappa shape index (κ1) is 16.5. The summed E-state index contributed by atoms with van der Waals surface area (Å²) in [6.07, 6.45) is -4.76. The monoisotopic (exact) mass is 337 g/mol. The van der Waals surface area contributed by atoms with Crippen LogP contribution in [-0.2, 0) is 6.18 Å². The molecule has 2 aromatic rings. The van der Waals surface area contributed by atoms with Gasteiger partial charge in [0.05, 0.1) is 5.02 Å². The van der Waals surface area contributed by atoms with Crippen molar-refractivity contribution in [3.05, 3.63) is 51.7 Å². The minimum absolute atomic E-state index is 0.134. The first-order valence-electron chi connectivity index (χ1n) is 5.98. The van der Waals surface area contributed by atoms with Crippen LogP contribution in [0.2, 0.25) is 5.02 Å². The second-order valence-electron chi connectivity index (χ2n) is 4.53. The molecule has 0 radical (unpaired) electrons. The SMILES string of the molecule is Cc1cc(Cl)c(C(F)(F)F)nc1Oc1ccc(F)c(F)c1C. The lowest BCUT2D eigenvalue weighted by atomic mass is 10.2. The van der Waals surface area contributed by atoms with Crippen LogP contribution in [0.3, 0.4) is 0 Å². The molecule has 0 aliphatic carbocycles. The molecule has 0 spiro atoms. The van der Waals surface area contributed by atoms with Gasteiger partial charge in [0.1, 0.15) is 5.75 Å². The van der Waals surface area contributed by atoms with Gasteiger partial charge in [-0.3, -0.25) is 0 Å². The highest BCUT2D eigenvalue weighted by atomic mass is 35.5. The molecular formula is C14H9ClF5NO. The van der Waals surface area contributed by atoms with Crippen LogP contribution in [0.1, 0.15) is 16.8 Å². The van der Waals surface area contributed by atoms with Gasteiger partial charge in [-0.2, -0.15) is 13.2 Å². The Morgan fingerprint density at radius 3 is 2.36 bits per heavy atom. The summed E-state index contributed by atoms with van der Waals surface area (Å²) < 4.78 is 70.0. The number of pyridine rings is 1. The van der Waals surface area contributed by atoms with Gasteiger partial charge in [0.25, 0.3) is 0 Å². The van der Waals surface area contributed by atoms with Crippen LogP contribution < -0.4 is 4.74 Å². The molecule has 118 valence electrons. The van der Waals surface area contributed by atoms with E-state index >= 15 is 0 Å². The average molecular weight is 338 g/mol. The molecule has 0 amide bonds. The molecule has 2 nitrogen and oxygen atoms in total. The Bertz CT molecular complexity index is 730. The van der Waals surface area contributed by atoms with E-state index in [0.29, 0.717) is 0 Å². The van der Waals surface area contributed by atoms with E-state index in [1.807, 2.05) is 0 Å². The van der Waals surface area contributed by atoms with E-state index in [1.54, 1.807) is 0 Å². The van der Waals surface area contributed by atoms with Crippen molar-refractivity contribution >= 4 is 11.6 Å². The molecule has 0 N–H and O–H groups in total. The van der Waals surface area contributed by atoms with E-state index in [1.165, 1.54) is 13.8 Å². The summed E-state index contributed by atoms with van der Waals surface area (Å²) in [4.78, 5) is 3.34. The lowest BCUT2D eigenvalue weighted by molar-refractivity contribution is -0.141. The van der Waals surface area contributed by atoms with Gasteiger partial charge < -0.3 is 4.74 Å². The second-order valence-corrected chi connectivity index (χ2v) is 4.93. The normalized spacial score (nSPS) is 11.6. The molecule has 8 heteroatoms. The number of alkyl halides is 3. The number of nitrogens with zero attached hydrogens (tertiary/aromatic N) is 1. The molecule has 0 atom stereocenters. The van der Waals surface area contributed by atoms with E-state index in [-0.39, 0.29) is 22.8 Å². The number of hydrogen-bond acceptors (Lipinski definition) is 2. The quantitative estimate of drug-likeness (QED) is 0.681. The van der Waals surface area contributed by atoms with E-state index < -0.39 is 28.5 Å². The van der Waals surface area contributed by atoms with Crippen LogP contribution in [0.4, 0.5) is 22.0 Å². The van der Waals surface area contributed by atoms with Crippen molar-refractivity contribution in [2.24, 2.45) is 0 Å². The first-order valence-corrected chi connectivity index (χ1v) is 6.36. The number of aromatic nitrogens is 1. The molecule has 22 heavy (non-hydrogen) atoms. The van der Waals surface area contributed by atoms with Gasteiger partial charge in [0, 0.05) is 11.1 Å². The highest BCUT2D eigenvalue weighted by Crippen LogP contribution is 2.37. The predicted octanol–water partition coefficient (Wildman–Crippen LogP) is 5.44. The Labute approximate surface area is 127 Å². The minimum atomic E-state index is -4.76. The number of aryl methyl sites for hydroxylation is 1. The Morgan fingerprint density at radius 1 is 1.14 bits per heavy atom. The van der Waals surface area contributed by atoms with Crippen LogP contribution in [0, 0.1) is 25.5 Å². The Balaban J connectivity index is 2.49. The van der Waals surface area contributed by atoms with Gasteiger partial charge in [-0.05, 0) is 32.0 Å². The highest BCUT2D eigenvalue weighted by Gasteiger charge is 2.36. The fourth-order valence-electron chi connectivity index (χ4n) is 1.71. The molecule has 0 saturated carbocycles. The van der Waals surface area contributed by atoms with Crippen molar-refractivity contribution < 1.29 is 26.7 Å². The molecule has 0 unspecified atom stereocenters. The number of rotatable bonds is 2.